The SMILES string of the molecule is Cc1cc(C=NC2CCCCC2[NH3+])c(O)c(COCP(=Nc2ccccc2)(c2ccccc2)c2ccccc2)c1.[Cl-]. The Hall–Kier alpha value is -3.21. The van der Waals surface area contributed by atoms with E-state index in [-0.39, 0.29) is 30.8 Å². The Balaban J connectivity index is 0.00000387. The van der Waals surface area contributed by atoms with Gasteiger partial charge in [0.15, 0.2) is 0 Å². The molecule has 4 aromatic carbocycles. The molecule has 5 nitrogen and oxygen atoms in total. The predicted octanol–water partition coefficient (Wildman–Crippen LogP) is 3.33. The lowest BCUT2D eigenvalue weighted by Gasteiger charge is -2.26. The molecule has 0 amide bonds. The van der Waals surface area contributed by atoms with Crippen molar-refractivity contribution in [1.82, 2.24) is 0 Å². The number of ether oxygens (including phenoxy) is 1. The van der Waals surface area contributed by atoms with Gasteiger partial charge in [-0.05, 0) is 54.1 Å². The molecule has 214 valence electrons. The van der Waals surface area contributed by atoms with E-state index in [0.29, 0.717) is 12.4 Å². The number of aryl methyl sites for hydroxylation is 1. The molecule has 1 saturated carbocycles. The maximum absolute atomic E-state index is 11.2. The first kappa shape index (κ1) is 30.7. The van der Waals surface area contributed by atoms with Crippen LogP contribution >= 0.6 is 7.05 Å². The summed E-state index contributed by atoms with van der Waals surface area (Å²) in [5.74, 6) is 0.231. The van der Waals surface area contributed by atoms with Gasteiger partial charge in [-0.25, -0.2) is 0 Å². The van der Waals surface area contributed by atoms with Crippen LogP contribution in [0, 0.1) is 6.92 Å². The number of halogens is 1. The van der Waals surface area contributed by atoms with Gasteiger partial charge in [0.05, 0.1) is 25.7 Å². The highest BCUT2D eigenvalue weighted by molar-refractivity contribution is 7.80. The molecule has 0 saturated heterocycles. The molecule has 2 unspecified atom stereocenters. The van der Waals surface area contributed by atoms with Crippen LogP contribution in [0.2, 0.25) is 0 Å². The Labute approximate surface area is 250 Å². The molecule has 0 heterocycles. The molecule has 1 aliphatic rings. The molecule has 2 atom stereocenters. The van der Waals surface area contributed by atoms with E-state index in [4.69, 9.17) is 14.5 Å². The number of nitrogens with zero attached hydrogens (tertiary/aromatic N) is 2. The van der Waals surface area contributed by atoms with Crippen molar-refractivity contribution in [2.75, 3.05) is 6.35 Å². The number of hydrogen-bond donors (Lipinski definition) is 2. The summed E-state index contributed by atoms with van der Waals surface area (Å²) >= 11 is 0. The number of rotatable bonds is 9. The average Bonchev–Trinajstić information content (AvgIpc) is 2.99. The first-order valence-electron chi connectivity index (χ1n) is 14.1. The van der Waals surface area contributed by atoms with Crippen molar-refractivity contribution in [1.29, 1.82) is 0 Å². The zero-order valence-electron chi connectivity index (χ0n) is 23.6. The second-order valence-corrected chi connectivity index (χ2v) is 13.6. The van der Waals surface area contributed by atoms with Crippen LogP contribution in [0.15, 0.2) is 113 Å². The van der Waals surface area contributed by atoms with Gasteiger partial charge in [-0.1, -0.05) is 91.3 Å². The predicted molar refractivity (Wildman–Crippen MR) is 167 cm³/mol. The highest BCUT2D eigenvalue weighted by atomic mass is 35.5. The first-order valence-corrected chi connectivity index (χ1v) is 16.0. The molecule has 7 heteroatoms. The van der Waals surface area contributed by atoms with Crippen molar-refractivity contribution in [2.24, 2.45) is 9.74 Å². The third-order valence-electron chi connectivity index (χ3n) is 7.58. The summed E-state index contributed by atoms with van der Waals surface area (Å²) in [6.45, 7) is 2.32. The van der Waals surface area contributed by atoms with Crippen molar-refractivity contribution < 1.29 is 28.0 Å². The molecule has 1 fully saturated rings. The summed E-state index contributed by atoms with van der Waals surface area (Å²) in [5, 5.41) is 13.5. The Morgan fingerprint density at radius 3 is 2.07 bits per heavy atom. The second kappa shape index (κ2) is 14.6. The number of hydrogen-bond acceptors (Lipinski definition) is 4. The van der Waals surface area contributed by atoms with Gasteiger partial charge in [0.1, 0.15) is 17.8 Å². The lowest BCUT2D eigenvalue weighted by Crippen LogP contribution is -3.00. The normalized spacial score (nSPS) is 17.2. The summed E-state index contributed by atoms with van der Waals surface area (Å²) in [7, 11) is -2.35. The number of phenols is 1. The number of phenolic OH excluding ortho intramolecular Hbond substituents is 1. The van der Waals surface area contributed by atoms with Crippen molar-refractivity contribution >= 4 is 29.6 Å². The first-order chi connectivity index (χ1) is 19.5. The molecular weight excluding hydrogens is 549 g/mol. The van der Waals surface area contributed by atoms with Gasteiger partial charge in [-0.2, -0.15) is 0 Å². The molecular formula is C34H39ClN3O2P. The van der Waals surface area contributed by atoms with E-state index < -0.39 is 7.05 Å². The monoisotopic (exact) mass is 587 g/mol. The largest absolute Gasteiger partial charge is 1.00 e. The molecule has 41 heavy (non-hydrogen) atoms. The highest BCUT2D eigenvalue weighted by Gasteiger charge is 2.26. The van der Waals surface area contributed by atoms with E-state index in [0.717, 1.165) is 45.8 Å². The quantitative estimate of drug-likeness (QED) is 0.233. The molecule has 0 aromatic heterocycles. The number of quaternary nitrogens is 1. The van der Waals surface area contributed by atoms with Gasteiger partial charge in [0, 0.05) is 23.8 Å². The average molecular weight is 588 g/mol. The van der Waals surface area contributed by atoms with Crippen molar-refractivity contribution in [3.63, 3.8) is 0 Å². The Morgan fingerprint density at radius 1 is 0.878 bits per heavy atom. The van der Waals surface area contributed by atoms with Crippen LogP contribution in [-0.4, -0.2) is 29.8 Å². The van der Waals surface area contributed by atoms with Gasteiger partial charge >= 0.3 is 0 Å². The lowest BCUT2D eigenvalue weighted by molar-refractivity contribution is -0.428. The lowest BCUT2D eigenvalue weighted by atomic mass is 9.91. The Kier molecular flexibility index (Phi) is 11.0. The molecule has 0 radical (unpaired) electrons. The summed E-state index contributed by atoms with van der Waals surface area (Å²) in [6, 6.07) is 35.6. The minimum Gasteiger partial charge on any atom is -1.00 e. The zero-order valence-corrected chi connectivity index (χ0v) is 25.2. The fourth-order valence-electron chi connectivity index (χ4n) is 5.42. The number of aliphatic imine (C=N–C) groups is 1. The second-order valence-electron chi connectivity index (χ2n) is 10.6. The van der Waals surface area contributed by atoms with Crippen molar-refractivity contribution in [2.45, 2.75) is 51.3 Å². The van der Waals surface area contributed by atoms with E-state index >= 15 is 0 Å². The van der Waals surface area contributed by atoms with Crippen LogP contribution < -0.4 is 28.7 Å². The molecule has 4 aromatic rings. The van der Waals surface area contributed by atoms with Gasteiger partial charge in [0.25, 0.3) is 0 Å². The fraction of sp³-hybridized carbons (Fsp3) is 0.265. The zero-order chi connectivity index (χ0) is 27.8. The minimum absolute atomic E-state index is 0. The highest BCUT2D eigenvalue weighted by Crippen LogP contribution is 2.50. The maximum atomic E-state index is 11.2. The van der Waals surface area contributed by atoms with Crippen LogP contribution in [0.3, 0.4) is 0 Å². The van der Waals surface area contributed by atoms with E-state index in [1.807, 2.05) is 67.7 Å². The third kappa shape index (κ3) is 7.55. The summed E-state index contributed by atoms with van der Waals surface area (Å²) in [4.78, 5) is 4.83. The molecule has 4 N–H and O–H groups in total. The van der Waals surface area contributed by atoms with Crippen LogP contribution in [0.25, 0.3) is 0 Å². The van der Waals surface area contributed by atoms with E-state index in [1.165, 1.54) is 12.8 Å². The van der Waals surface area contributed by atoms with E-state index in [2.05, 4.69) is 54.3 Å². The Morgan fingerprint density at radius 2 is 1.46 bits per heavy atom. The molecule has 0 bridgehead atoms. The topological polar surface area (TPSA) is 81.8 Å². The molecule has 0 spiro atoms. The summed E-state index contributed by atoms with van der Waals surface area (Å²) in [5.41, 5.74) is 7.77. The van der Waals surface area contributed by atoms with Crippen LogP contribution in [0.1, 0.15) is 42.4 Å². The van der Waals surface area contributed by atoms with E-state index in [9.17, 15) is 5.11 Å². The van der Waals surface area contributed by atoms with Gasteiger partial charge < -0.3 is 28.0 Å². The summed E-state index contributed by atoms with van der Waals surface area (Å²) < 4.78 is 11.9. The minimum atomic E-state index is -2.35. The van der Waals surface area contributed by atoms with Crippen LogP contribution in [0.5, 0.6) is 5.75 Å². The third-order valence-corrected chi connectivity index (χ3v) is 11.0. The van der Waals surface area contributed by atoms with Crippen molar-refractivity contribution in [3.05, 3.63) is 120 Å². The number of benzene rings is 4. The smallest absolute Gasteiger partial charge is 0.129 e. The molecule has 5 rings (SSSR count). The van der Waals surface area contributed by atoms with Gasteiger partial charge in [0.2, 0.25) is 0 Å². The van der Waals surface area contributed by atoms with Crippen LogP contribution in [0.4, 0.5) is 5.69 Å². The van der Waals surface area contributed by atoms with E-state index in [1.54, 1.807) is 0 Å². The molecule has 0 aliphatic heterocycles. The Bertz CT molecular complexity index is 1440. The summed E-state index contributed by atoms with van der Waals surface area (Å²) in [6.07, 6.45) is 6.83. The van der Waals surface area contributed by atoms with Gasteiger partial charge in [-0.3, -0.25) is 9.74 Å². The fourth-order valence-corrected chi connectivity index (χ4v) is 8.52. The number of aromatic hydroxyl groups is 1. The standard InChI is InChI=1S/C34H38N3O2P.ClH/c1-26-21-27(23-36-33-20-12-11-19-32(33)35)34(38)28(22-26)24-39-25-40(30-15-7-3-8-16-30,31-17-9-4-10-18-31)37-29-13-5-2-6-14-29;/h2-10,13-18,21-23,32-33,38H,11-12,19-20,24-25,35H2,1H3;1H. The maximum Gasteiger partial charge on any atom is 0.129 e. The van der Waals surface area contributed by atoms with Crippen molar-refractivity contribution in [3.8, 4) is 5.75 Å². The van der Waals surface area contributed by atoms with Gasteiger partial charge in [-0.15, -0.1) is 0 Å². The van der Waals surface area contributed by atoms with Crippen LogP contribution in [-0.2, 0) is 11.3 Å². The molecule has 1 aliphatic carbocycles.